The van der Waals surface area contributed by atoms with Crippen LogP contribution in [-0.2, 0) is 4.74 Å². The third kappa shape index (κ3) is 4.17. The summed E-state index contributed by atoms with van der Waals surface area (Å²) >= 11 is 0. The van der Waals surface area contributed by atoms with Crippen molar-refractivity contribution in [2.45, 2.75) is 31.8 Å². The molecule has 2 heterocycles. The maximum atomic E-state index is 12.3. The van der Waals surface area contributed by atoms with Crippen LogP contribution in [-0.4, -0.2) is 52.7 Å². The average Bonchev–Trinajstić information content (AvgIpc) is 3.13. The van der Waals surface area contributed by atoms with Crippen LogP contribution in [0.15, 0.2) is 30.5 Å². The number of benzene rings is 1. The zero-order valence-corrected chi connectivity index (χ0v) is 14.7. The Morgan fingerprint density at radius 3 is 3.00 bits per heavy atom. The number of hydrogen-bond donors (Lipinski definition) is 3. The van der Waals surface area contributed by atoms with E-state index in [0.29, 0.717) is 11.4 Å². The molecule has 138 valence electrons. The SMILES string of the molecule is COC(=O)c1cn(-c2cccc(NC(=O)NC3CCCNC3C)c2)nn1. The molecule has 2 unspecified atom stereocenters. The van der Waals surface area contributed by atoms with Crippen molar-refractivity contribution in [3.8, 4) is 5.69 Å². The van der Waals surface area contributed by atoms with Gasteiger partial charge in [-0.05, 0) is 44.5 Å². The lowest BCUT2D eigenvalue weighted by Crippen LogP contribution is -2.52. The number of carbonyl (C=O) groups excluding carboxylic acids is 2. The van der Waals surface area contributed by atoms with Crippen molar-refractivity contribution in [1.29, 1.82) is 0 Å². The van der Waals surface area contributed by atoms with Crippen LogP contribution in [0.25, 0.3) is 5.69 Å². The lowest BCUT2D eigenvalue weighted by atomic mass is 10.0. The van der Waals surface area contributed by atoms with E-state index in [-0.39, 0.29) is 23.8 Å². The summed E-state index contributed by atoms with van der Waals surface area (Å²) in [5.74, 6) is -0.555. The van der Waals surface area contributed by atoms with Gasteiger partial charge in [0.1, 0.15) is 0 Å². The highest BCUT2D eigenvalue weighted by Gasteiger charge is 2.22. The third-order valence-electron chi connectivity index (χ3n) is 4.33. The predicted octanol–water partition coefficient (Wildman–Crippen LogP) is 1.32. The molecule has 2 aromatic rings. The number of piperidine rings is 1. The number of nitrogens with zero attached hydrogens (tertiary/aromatic N) is 3. The number of urea groups is 1. The Kier molecular flexibility index (Phi) is 5.47. The molecule has 0 aliphatic carbocycles. The second-order valence-corrected chi connectivity index (χ2v) is 6.18. The Morgan fingerprint density at radius 1 is 1.38 bits per heavy atom. The fourth-order valence-electron chi connectivity index (χ4n) is 2.89. The van der Waals surface area contributed by atoms with E-state index in [1.807, 2.05) is 0 Å². The number of esters is 1. The van der Waals surface area contributed by atoms with Gasteiger partial charge < -0.3 is 20.7 Å². The highest BCUT2D eigenvalue weighted by Crippen LogP contribution is 2.15. The average molecular weight is 358 g/mol. The van der Waals surface area contributed by atoms with Crippen LogP contribution in [0.4, 0.5) is 10.5 Å². The molecule has 26 heavy (non-hydrogen) atoms. The van der Waals surface area contributed by atoms with E-state index >= 15 is 0 Å². The lowest BCUT2D eigenvalue weighted by molar-refractivity contribution is 0.0594. The predicted molar refractivity (Wildman–Crippen MR) is 95.3 cm³/mol. The summed E-state index contributed by atoms with van der Waals surface area (Å²) in [4.78, 5) is 23.7. The van der Waals surface area contributed by atoms with Crippen LogP contribution in [0.5, 0.6) is 0 Å². The molecule has 0 bridgehead atoms. The second-order valence-electron chi connectivity index (χ2n) is 6.18. The van der Waals surface area contributed by atoms with E-state index in [9.17, 15) is 9.59 Å². The van der Waals surface area contributed by atoms with Gasteiger partial charge in [0, 0.05) is 17.8 Å². The van der Waals surface area contributed by atoms with E-state index in [2.05, 4.69) is 37.9 Å². The van der Waals surface area contributed by atoms with Gasteiger partial charge in [0.2, 0.25) is 0 Å². The van der Waals surface area contributed by atoms with Crippen LogP contribution in [0.3, 0.4) is 0 Å². The van der Waals surface area contributed by atoms with Gasteiger partial charge in [0.25, 0.3) is 0 Å². The zero-order valence-electron chi connectivity index (χ0n) is 14.7. The molecule has 1 fully saturated rings. The normalized spacial score (nSPS) is 19.6. The first-order valence-corrected chi connectivity index (χ1v) is 8.49. The summed E-state index contributed by atoms with van der Waals surface area (Å²) in [6.45, 7) is 3.04. The van der Waals surface area contributed by atoms with Crippen molar-refractivity contribution in [3.63, 3.8) is 0 Å². The number of carbonyl (C=O) groups is 2. The molecule has 1 aliphatic heterocycles. The van der Waals surface area contributed by atoms with E-state index < -0.39 is 5.97 Å². The number of nitrogens with one attached hydrogen (secondary N) is 3. The maximum absolute atomic E-state index is 12.3. The molecule has 3 N–H and O–H groups in total. The monoisotopic (exact) mass is 358 g/mol. The number of ether oxygens (including phenoxy) is 1. The lowest BCUT2D eigenvalue weighted by Gasteiger charge is -2.30. The van der Waals surface area contributed by atoms with Crippen molar-refractivity contribution in [1.82, 2.24) is 25.6 Å². The topological polar surface area (TPSA) is 110 Å². The summed E-state index contributed by atoms with van der Waals surface area (Å²) in [6, 6.07) is 7.21. The Labute approximate surface area is 151 Å². The summed E-state index contributed by atoms with van der Waals surface area (Å²) in [5, 5.41) is 16.9. The molecule has 9 heteroatoms. The van der Waals surface area contributed by atoms with E-state index in [0.717, 1.165) is 19.4 Å². The van der Waals surface area contributed by atoms with Gasteiger partial charge in [0.15, 0.2) is 5.69 Å². The molecule has 3 rings (SSSR count). The van der Waals surface area contributed by atoms with Gasteiger partial charge in [-0.2, -0.15) is 0 Å². The third-order valence-corrected chi connectivity index (χ3v) is 4.33. The van der Waals surface area contributed by atoms with Crippen molar-refractivity contribution in [2.75, 3.05) is 19.0 Å². The molecule has 1 aromatic heterocycles. The van der Waals surface area contributed by atoms with Crippen molar-refractivity contribution in [3.05, 3.63) is 36.2 Å². The summed E-state index contributed by atoms with van der Waals surface area (Å²) < 4.78 is 6.06. The molecule has 0 spiro atoms. The smallest absolute Gasteiger partial charge is 0.360 e. The molecular weight excluding hydrogens is 336 g/mol. The van der Waals surface area contributed by atoms with Gasteiger partial charge in [-0.25, -0.2) is 14.3 Å². The number of amides is 2. The molecular formula is C17H22N6O3. The summed E-state index contributed by atoms with van der Waals surface area (Å²) in [5.41, 5.74) is 1.40. The molecule has 9 nitrogen and oxygen atoms in total. The van der Waals surface area contributed by atoms with Crippen LogP contribution in [0.2, 0.25) is 0 Å². The van der Waals surface area contributed by atoms with Gasteiger partial charge >= 0.3 is 12.0 Å². The van der Waals surface area contributed by atoms with Gasteiger partial charge in [0.05, 0.1) is 19.0 Å². The summed E-state index contributed by atoms with van der Waals surface area (Å²) in [7, 11) is 1.28. The van der Waals surface area contributed by atoms with Crippen molar-refractivity contribution >= 4 is 17.7 Å². The number of hydrogen-bond acceptors (Lipinski definition) is 6. The minimum atomic E-state index is -0.555. The Hall–Kier alpha value is -2.94. The highest BCUT2D eigenvalue weighted by atomic mass is 16.5. The molecule has 2 amide bonds. The first kappa shape index (κ1) is 17.9. The van der Waals surface area contributed by atoms with Crippen LogP contribution >= 0.6 is 0 Å². The minimum absolute atomic E-state index is 0.102. The zero-order chi connectivity index (χ0) is 18.5. The van der Waals surface area contributed by atoms with Crippen molar-refractivity contribution in [2.24, 2.45) is 0 Å². The minimum Gasteiger partial charge on any atom is -0.464 e. The van der Waals surface area contributed by atoms with E-state index in [4.69, 9.17) is 0 Å². The largest absolute Gasteiger partial charge is 0.464 e. The van der Waals surface area contributed by atoms with Crippen LogP contribution in [0, 0.1) is 0 Å². The summed E-state index contributed by atoms with van der Waals surface area (Å²) in [6.07, 6.45) is 3.47. The Morgan fingerprint density at radius 2 is 2.23 bits per heavy atom. The van der Waals surface area contributed by atoms with Crippen LogP contribution < -0.4 is 16.0 Å². The molecule has 0 saturated carbocycles. The van der Waals surface area contributed by atoms with Crippen LogP contribution in [0.1, 0.15) is 30.3 Å². The highest BCUT2D eigenvalue weighted by molar-refractivity contribution is 5.90. The number of anilines is 1. The standard InChI is InChI=1S/C17H22N6O3/c1-11-14(7-4-8-18-11)20-17(25)19-12-5-3-6-13(9-12)23-10-15(21-22-23)16(24)26-2/h3,5-6,9-11,14,18H,4,7-8H2,1-2H3,(H2,19,20,25). The quantitative estimate of drug-likeness (QED) is 0.711. The fourth-order valence-corrected chi connectivity index (χ4v) is 2.89. The molecule has 0 radical (unpaired) electrons. The molecule has 2 atom stereocenters. The van der Waals surface area contributed by atoms with Gasteiger partial charge in [-0.15, -0.1) is 5.10 Å². The second kappa shape index (κ2) is 7.96. The first-order chi connectivity index (χ1) is 12.6. The fraction of sp³-hybridized carbons (Fsp3) is 0.412. The number of aromatic nitrogens is 3. The Bertz CT molecular complexity index is 790. The molecule has 1 aliphatic rings. The van der Waals surface area contributed by atoms with Gasteiger partial charge in [-0.1, -0.05) is 11.3 Å². The van der Waals surface area contributed by atoms with Crippen molar-refractivity contribution < 1.29 is 14.3 Å². The molecule has 1 aromatic carbocycles. The van der Waals surface area contributed by atoms with Gasteiger partial charge in [-0.3, -0.25) is 0 Å². The van der Waals surface area contributed by atoms with E-state index in [1.54, 1.807) is 24.3 Å². The Balaban J connectivity index is 1.66. The number of methoxy groups -OCH3 is 1. The van der Waals surface area contributed by atoms with E-state index in [1.165, 1.54) is 18.0 Å². The first-order valence-electron chi connectivity index (χ1n) is 8.49. The molecule has 1 saturated heterocycles. The number of rotatable bonds is 4. The maximum Gasteiger partial charge on any atom is 0.360 e.